The van der Waals surface area contributed by atoms with E-state index in [4.69, 9.17) is 0 Å². The predicted molar refractivity (Wildman–Crippen MR) is 74.6 cm³/mol. The zero-order chi connectivity index (χ0) is 12.4. The van der Waals surface area contributed by atoms with Gasteiger partial charge in [0.05, 0.1) is 0 Å². The van der Waals surface area contributed by atoms with Crippen LogP contribution in [0.5, 0.6) is 0 Å². The lowest BCUT2D eigenvalue weighted by molar-refractivity contribution is 0.864. The van der Waals surface area contributed by atoms with Crippen molar-refractivity contribution in [2.24, 2.45) is 0 Å². The highest BCUT2D eigenvalue weighted by atomic mass is 14.9. The number of aromatic nitrogens is 1. The summed E-state index contributed by atoms with van der Waals surface area (Å²) < 4.78 is 0. The number of benzene rings is 1. The molecule has 0 aliphatic heterocycles. The number of hydrogen-bond acceptors (Lipinski definition) is 2. The third-order valence-electron chi connectivity index (χ3n) is 2.89. The Balaban J connectivity index is 2.60. The molecule has 2 rings (SSSR count). The fraction of sp³-hybridized carbons (Fsp3) is 0.400. The van der Waals surface area contributed by atoms with Crippen LogP contribution in [-0.2, 0) is 0 Å². The number of nitrogens with zero attached hydrogens (tertiary/aromatic N) is 1. The summed E-state index contributed by atoms with van der Waals surface area (Å²) in [6, 6.07) is 7.01. The van der Waals surface area contributed by atoms with Crippen LogP contribution in [0.3, 0.4) is 0 Å². The molecule has 2 heteroatoms. The molecule has 2 nitrogen and oxygen atoms in total. The van der Waals surface area contributed by atoms with E-state index in [0.717, 1.165) is 0 Å². The normalized spacial score (nSPS) is 11.4. The average molecular weight is 228 g/mol. The summed E-state index contributed by atoms with van der Waals surface area (Å²) in [5.74, 6) is 0.542. The molecule has 1 aromatic heterocycles. The lowest BCUT2D eigenvalue weighted by atomic mass is 9.98. The van der Waals surface area contributed by atoms with Crippen molar-refractivity contribution in [3.05, 3.63) is 36.2 Å². The Kier molecular flexibility index (Phi) is 3.32. The zero-order valence-corrected chi connectivity index (χ0v) is 11.0. The molecule has 0 aliphatic rings. The van der Waals surface area contributed by atoms with Crippen LogP contribution in [0.4, 0.5) is 5.69 Å². The van der Waals surface area contributed by atoms with Crippen LogP contribution in [0.2, 0.25) is 0 Å². The zero-order valence-electron chi connectivity index (χ0n) is 11.0. The lowest BCUT2D eigenvalue weighted by Gasteiger charge is -2.16. The summed E-state index contributed by atoms with van der Waals surface area (Å²) in [7, 11) is 0. The number of fused-ring (bicyclic) bond motifs is 1. The molecular formula is C15H20N2. The van der Waals surface area contributed by atoms with E-state index >= 15 is 0 Å². The van der Waals surface area contributed by atoms with Crippen molar-refractivity contribution in [1.82, 2.24) is 4.98 Å². The molecule has 0 amide bonds. The first-order valence-corrected chi connectivity index (χ1v) is 6.22. The van der Waals surface area contributed by atoms with Crippen molar-refractivity contribution in [1.29, 1.82) is 0 Å². The van der Waals surface area contributed by atoms with Crippen molar-refractivity contribution < 1.29 is 0 Å². The Labute approximate surface area is 103 Å². The molecule has 90 valence electrons. The van der Waals surface area contributed by atoms with E-state index < -0.39 is 0 Å². The summed E-state index contributed by atoms with van der Waals surface area (Å²) in [6.45, 7) is 8.76. The summed E-state index contributed by atoms with van der Waals surface area (Å²) in [6.07, 6.45) is 3.79. The summed E-state index contributed by atoms with van der Waals surface area (Å²) in [5.41, 5.74) is 2.56. The molecule has 17 heavy (non-hydrogen) atoms. The van der Waals surface area contributed by atoms with Crippen LogP contribution < -0.4 is 5.32 Å². The Morgan fingerprint density at radius 1 is 1.12 bits per heavy atom. The highest BCUT2D eigenvalue weighted by molar-refractivity contribution is 5.94. The molecule has 1 aromatic carbocycles. The summed E-state index contributed by atoms with van der Waals surface area (Å²) in [5, 5.41) is 5.96. The molecule has 0 atom stereocenters. The van der Waals surface area contributed by atoms with Crippen LogP contribution in [0.1, 0.15) is 39.2 Å². The Morgan fingerprint density at radius 3 is 2.53 bits per heavy atom. The highest BCUT2D eigenvalue weighted by Crippen LogP contribution is 2.28. The molecule has 2 aromatic rings. The van der Waals surface area contributed by atoms with Crippen molar-refractivity contribution >= 4 is 16.5 Å². The van der Waals surface area contributed by atoms with E-state index in [-0.39, 0.29) is 0 Å². The van der Waals surface area contributed by atoms with Gasteiger partial charge < -0.3 is 5.32 Å². The molecule has 0 radical (unpaired) electrons. The molecule has 0 aliphatic carbocycles. The van der Waals surface area contributed by atoms with E-state index in [0.29, 0.717) is 12.0 Å². The Bertz CT molecular complexity index is 515. The van der Waals surface area contributed by atoms with Crippen molar-refractivity contribution in [2.75, 3.05) is 5.32 Å². The minimum atomic E-state index is 0.431. The molecule has 0 fully saturated rings. The second-order valence-corrected chi connectivity index (χ2v) is 5.12. The predicted octanol–water partition coefficient (Wildman–Crippen LogP) is 4.18. The molecule has 0 saturated heterocycles. The van der Waals surface area contributed by atoms with E-state index in [1.165, 1.54) is 22.0 Å². The SMILES string of the molecule is CC(C)Nc1cc(C(C)C)cc2ccncc12. The maximum atomic E-state index is 4.22. The Morgan fingerprint density at radius 2 is 1.88 bits per heavy atom. The number of anilines is 1. The van der Waals surface area contributed by atoms with E-state index in [1.54, 1.807) is 0 Å². The maximum Gasteiger partial charge on any atom is 0.0440 e. The van der Waals surface area contributed by atoms with E-state index in [2.05, 4.69) is 56.2 Å². The highest BCUT2D eigenvalue weighted by Gasteiger charge is 2.07. The molecule has 1 heterocycles. The minimum absolute atomic E-state index is 0.431. The average Bonchev–Trinajstić information content (AvgIpc) is 2.28. The van der Waals surface area contributed by atoms with Gasteiger partial charge in [0.1, 0.15) is 0 Å². The van der Waals surface area contributed by atoms with Crippen LogP contribution in [0.15, 0.2) is 30.6 Å². The standard InChI is InChI=1S/C15H20N2/c1-10(2)13-7-12-5-6-16-9-14(12)15(8-13)17-11(3)4/h5-11,17H,1-4H3. The molecule has 1 N–H and O–H groups in total. The third-order valence-corrected chi connectivity index (χ3v) is 2.89. The van der Waals surface area contributed by atoms with Crippen molar-refractivity contribution in [2.45, 2.75) is 39.7 Å². The van der Waals surface area contributed by atoms with Crippen LogP contribution in [0, 0.1) is 0 Å². The van der Waals surface area contributed by atoms with Gasteiger partial charge in [-0.15, -0.1) is 0 Å². The molecule has 0 spiro atoms. The fourth-order valence-electron chi connectivity index (χ4n) is 1.99. The third kappa shape index (κ3) is 2.57. The van der Waals surface area contributed by atoms with Crippen molar-refractivity contribution in [3.8, 4) is 0 Å². The van der Waals surface area contributed by atoms with E-state index in [9.17, 15) is 0 Å². The van der Waals surface area contributed by atoms with Crippen LogP contribution >= 0.6 is 0 Å². The van der Waals surface area contributed by atoms with Gasteiger partial charge in [-0.3, -0.25) is 4.98 Å². The first-order chi connectivity index (χ1) is 8.08. The van der Waals surface area contributed by atoms with Gasteiger partial charge in [-0.2, -0.15) is 0 Å². The first-order valence-electron chi connectivity index (χ1n) is 6.22. The topological polar surface area (TPSA) is 24.9 Å². The fourth-order valence-corrected chi connectivity index (χ4v) is 1.99. The number of pyridine rings is 1. The quantitative estimate of drug-likeness (QED) is 0.852. The van der Waals surface area contributed by atoms with Gasteiger partial charge in [0, 0.05) is 29.5 Å². The monoisotopic (exact) mass is 228 g/mol. The Hall–Kier alpha value is -1.57. The largest absolute Gasteiger partial charge is 0.382 e. The smallest absolute Gasteiger partial charge is 0.0440 e. The molecular weight excluding hydrogens is 208 g/mol. The number of hydrogen-bond donors (Lipinski definition) is 1. The molecule has 0 bridgehead atoms. The van der Waals surface area contributed by atoms with Gasteiger partial charge in [-0.1, -0.05) is 19.9 Å². The first kappa shape index (κ1) is 11.9. The second kappa shape index (κ2) is 4.74. The van der Waals surface area contributed by atoms with E-state index in [1.807, 2.05) is 12.4 Å². The summed E-state index contributed by atoms with van der Waals surface area (Å²) >= 11 is 0. The second-order valence-electron chi connectivity index (χ2n) is 5.12. The number of rotatable bonds is 3. The van der Waals surface area contributed by atoms with Gasteiger partial charge in [-0.05, 0) is 42.8 Å². The van der Waals surface area contributed by atoms with Gasteiger partial charge in [0.25, 0.3) is 0 Å². The van der Waals surface area contributed by atoms with Crippen molar-refractivity contribution in [3.63, 3.8) is 0 Å². The van der Waals surface area contributed by atoms with Gasteiger partial charge in [0.2, 0.25) is 0 Å². The van der Waals surface area contributed by atoms with Crippen LogP contribution in [0.25, 0.3) is 10.8 Å². The molecule has 0 unspecified atom stereocenters. The minimum Gasteiger partial charge on any atom is -0.382 e. The summed E-state index contributed by atoms with van der Waals surface area (Å²) in [4.78, 5) is 4.22. The maximum absolute atomic E-state index is 4.22. The number of nitrogens with one attached hydrogen (secondary N) is 1. The van der Waals surface area contributed by atoms with Gasteiger partial charge in [-0.25, -0.2) is 0 Å². The van der Waals surface area contributed by atoms with Gasteiger partial charge in [0.15, 0.2) is 0 Å². The molecule has 0 saturated carbocycles. The van der Waals surface area contributed by atoms with Crippen LogP contribution in [-0.4, -0.2) is 11.0 Å². The lowest BCUT2D eigenvalue weighted by Crippen LogP contribution is -2.10. The van der Waals surface area contributed by atoms with Gasteiger partial charge >= 0.3 is 0 Å².